The third kappa shape index (κ3) is 11.2. The summed E-state index contributed by atoms with van der Waals surface area (Å²) >= 11 is 0. The van der Waals surface area contributed by atoms with E-state index in [0.717, 1.165) is 0 Å². The summed E-state index contributed by atoms with van der Waals surface area (Å²) in [5.74, 6) is 0.456. The van der Waals surface area contributed by atoms with Crippen LogP contribution in [0, 0.1) is 0 Å². The number of carbonyl (C=O) groups excluding carboxylic acids is 1. The van der Waals surface area contributed by atoms with Gasteiger partial charge in [0.2, 0.25) is 5.91 Å². The molecular weight excluding hydrogens is 375 g/mol. The van der Waals surface area contributed by atoms with Crippen molar-refractivity contribution >= 4 is 35.8 Å². The fraction of sp³-hybridized carbons (Fsp3) is 0.833. The lowest BCUT2D eigenvalue weighted by atomic mass is 10.1. The molecule has 0 bridgehead atoms. The Morgan fingerprint density at radius 2 is 1.85 bits per heavy atom. The minimum atomic E-state index is -0.293. The molecule has 0 saturated heterocycles. The normalized spacial score (nSPS) is 11.6. The van der Waals surface area contributed by atoms with Crippen LogP contribution in [0.4, 0.5) is 0 Å². The molecule has 0 aromatic heterocycles. The van der Waals surface area contributed by atoms with E-state index in [0.29, 0.717) is 25.7 Å². The van der Waals surface area contributed by atoms with E-state index in [-0.39, 0.29) is 42.0 Å². The van der Waals surface area contributed by atoms with Gasteiger partial charge in [-0.3, -0.25) is 9.79 Å². The predicted octanol–water partition coefficient (Wildman–Crippen LogP) is -0.0430. The van der Waals surface area contributed by atoms with Crippen LogP contribution in [-0.2, 0) is 14.3 Å². The molecule has 0 aliphatic carbocycles. The van der Waals surface area contributed by atoms with Gasteiger partial charge in [-0.15, -0.1) is 24.0 Å². The fourth-order valence-corrected chi connectivity index (χ4v) is 1.11. The Morgan fingerprint density at radius 1 is 1.20 bits per heavy atom. The number of hydrogen-bond donors (Lipinski definition) is 3. The Bertz CT molecular complexity index is 298. The number of aliphatic imine (C=N–C) groups is 1. The molecule has 0 aromatic rings. The van der Waals surface area contributed by atoms with Crippen molar-refractivity contribution in [1.29, 1.82) is 0 Å². The Morgan fingerprint density at radius 3 is 2.35 bits per heavy atom. The second-order valence-corrected chi connectivity index (χ2v) is 4.59. The first-order chi connectivity index (χ1) is 8.95. The zero-order valence-electron chi connectivity index (χ0n) is 12.9. The Balaban J connectivity index is 0. The van der Waals surface area contributed by atoms with E-state index in [1.54, 1.807) is 21.3 Å². The first-order valence-corrected chi connectivity index (χ1v) is 6.20. The lowest BCUT2D eigenvalue weighted by Gasteiger charge is -2.24. The molecular formula is C12H27IN4O3. The number of ether oxygens (including phenoxy) is 2. The standard InChI is InChI=1S/C12H26N4O3.HI/c1-12(2,19-5)9-16-11(13-3)15-8-10(17)14-6-7-18-4;/h6-9H2,1-5H3,(H,14,17)(H2,13,15,16);1H. The van der Waals surface area contributed by atoms with E-state index < -0.39 is 0 Å². The van der Waals surface area contributed by atoms with Crippen molar-refractivity contribution in [3.8, 4) is 0 Å². The molecule has 0 aromatic carbocycles. The summed E-state index contributed by atoms with van der Waals surface area (Å²) in [6.07, 6.45) is 0. The molecule has 0 saturated carbocycles. The lowest BCUT2D eigenvalue weighted by molar-refractivity contribution is -0.120. The molecule has 8 heteroatoms. The van der Waals surface area contributed by atoms with Crippen LogP contribution in [-0.4, -0.2) is 65.0 Å². The minimum Gasteiger partial charge on any atom is -0.383 e. The maximum atomic E-state index is 11.5. The number of guanidine groups is 1. The molecule has 7 nitrogen and oxygen atoms in total. The highest BCUT2D eigenvalue weighted by Crippen LogP contribution is 2.04. The topological polar surface area (TPSA) is 84.0 Å². The maximum absolute atomic E-state index is 11.5. The maximum Gasteiger partial charge on any atom is 0.239 e. The summed E-state index contributed by atoms with van der Waals surface area (Å²) in [5.41, 5.74) is -0.293. The van der Waals surface area contributed by atoms with Crippen LogP contribution in [0.1, 0.15) is 13.8 Å². The number of methoxy groups -OCH3 is 2. The molecule has 20 heavy (non-hydrogen) atoms. The van der Waals surface area contributed by atoms with Crippen LogP contribution in [0.15, 0.2) is 4.99 Å². The van der Waals surface area contributed by atoms with Gasteiger partial charge in [-0.05, 0) is 13.8 Å². The van der Waals surface area contributed by atoms with Gasteiger partial charge in [-0.2, -0.15) is 0 Å². The number of amides is 1. The zero-order chi connectivity index (χ0) is 14.7. The first kappa shape index (κ1) is 21.7. The number of carbonyl (C=O) groups is 1. The van der Waals surface area contributed by atoms with E-state index in [9.17, 15) is 4.79 Å². The average molecular weight is 402 g/mol. The Labute approximate surface area is 138 Å². The van der Waals surface area contributed by atoms with Crippen molar-refractivity contribution in [2.24, 2.45) is 4.99 Å². The second-order valence-electron chi connectivity index (χ2n) is 4.59. The van der Waals surface area contributed by atoms with Crippen LogP contribution < -0.4 is 16.0 Å². The predicted molar refractivity (Wildman–Crippen MR) is 90.8 cm³/mol. The van der Waals surface area contributed by atoms with Gasteiger partial charge in [0, 0.05) is 34.4 Å². The average Bonchev–Trinajstić information content (AvgIpc) is 2.39. The van der Waals surface area contributed by atoms with Crippen molar-refractivity contribution in [3.63, 3.8) is 0 Å². The monoisotopic (exact) mass is 402 g/mol. The third-order valence-corrected chi connectivity index (χ3v) is 2.50. The van der Waals surface area contributed by atoms with Crippen LogP contribution in [0.3, 0.4) is 0 Å². The summed E-state index contributed by atoms with van der Waals surface area (Å²) in [6, 6.07) is 0. The highest BCUT2D eigenvalue weighted by atomic mass is 127. The molecule has 0 rings (SSSR count). The highest BCUT2D eigenvalue weighted by molar-refractivity contribution is 14.0. The summed E-state index contributed by atoms with van der Waals surface area (Å²) in [4.78, 5) is 15.5. The van der Waals surface area contributed by atoms with E-state index in [1.807, 2.05) is 13.8 Å². The smallest absolute Gasteiger partial charge is 0.239 e. The van der Waals surface area contributed by atoms with E-state index in [1.165, 1.54) is 0 Å². The quantitative estimate of drug-likeness (QED) is 0.230. The van der Waals surface area contributed by atoms with Crippen molar-refractivity contribution in [2.75, 3.05) is 47.5 Å². The van der Waals surface area contributed by atoms with Crippen molar-refractivity contribution < 1.29 is 14.3 Å². The van der Waals surface area contributed by atoms with Gasteiger partial charge in [0.15, 0.2) is 5.96 Å². The highest BCUT2D eigenvalue weighted by Gasteiger charge is 2.16. The molecule has 0 radical (unpaired) electrons. The second kappa shape index (κ2) is 12.2. The van der Waals surface area contributed by atoms with Crippen LogP contribution in [0.5, 0.6) is 0 Å². The lowest BCUT2D eigenvalue weighted by Crippen LogP contribution is -2.48. The van der Waals surface area contributed by atoms with Crippen LogP contribution in [0.25, 0.3) is 0 Å². The van der Waals surface area contributed by atoms with Gasteiger partial charge >= 0.3 is 0 Å². The van der Waals surface area contributed by atoms with Crippen LogP contribution in [0.2, 0.25) is 0 Å². The molecule has 3 N–H and O–H groups in total. The zero-order valence-corrected chi connectivity index (χ0v) is 15.2. The van der Waals surface area contributed by atoms with E-state index >= 15 is 0 Å². The Kier molecular flexibility index (Phi) is 13.2. The van der Waals surface area contributed by atoms with Crippen molar-refractivity contribution in [3.05, 3.63) is 0 Å². The van der Waals surface area contributed by atoms with Gasteiger partial charge in [-0.25, -0.2) is 0 Å². The largest absolute Gasteiger partial charge is 0.383 e. The number of hydrogen-bond acceptors (Lipinski definition) is 4. The first-order valence-electron chi connectivity index (χ1n) is 6.20. The van der Waals surface area contributed by atoms with Gasteiger partial charge in [0.1, 0.15) is 0 Å². The molecule has 0 spiro atoms. The molecule has 0 atom stereocenters. The van der Waals surface area contributed by atoms with E-state index in [2.05, 4.69) is 20.9 Å². The van der Waals surface area contributed by atoms with Gasteiger partial charge in [0.05, 0.1) is 18.8 Å². The van der Waals surface area contributed by atoms with Crippen molar-refractivity contribution in [2.45, 2.75) is 19.4 Å². The van der Waals surface area contributed by atoms with E-state index in [4.69, 9.17) is 9.47 Å². The summed E-state index contributed by atoms with van der Waals surface area (Å²) in [6.45, 7) is 5.68. The minimum absolute atomic E-state index is 0. The third-order valence-electron chi connectivity index (χ3n) is 2.50. The molecule has 0 heterocycles. The molecule has 1 amide bonds. The number of rotatable bonds is 8. The van der Waals surface area contributed by atoms with Crippen LogP contribution >= 0.6 is 24.0 Å². The number of nitrogens with one attached hydrogen (secondary N) is 3. The SMILES string of the molecule is CN=C(NCC(=O)NCCOC)NCC(C)(C)OC.I. The molecule has 0 aliphatic rings. The molecule has 0 unspecified atom stereocenters. The number of nitrogens with zero attached hydrogens (tertiary/aromatic N) is 1. The number of halogens is 1. The fourth-order valence-electron chi connectivity index (χ4n) is 1.11. The summed E-state index contributed by atoms with van der Waals surface area (Å²) in [7, 11) is 4.90. The van der Waals surface area contributed by atoms with Gasteiger partial charge in [-0.1, -0.05) is 0 Å². The summed E-state index contributed by atoms with van der Waals surface area (Å²) in [5, 5.41) is 8.73. The van der Waals surface area contributed by atoms with Gasteiger partial charge in [0.25, 0.3) is 0 Å². The van der Waals surface area contributed by atoms with Crippen molar-refractivity contribution in [1.82, 2.24) is 16.0 Å². The summed E-state index contributed by atoms with van der Waals surface area (Å²) < 4.78 is 10.1. The van der Waals surface area contributed by atoms with Gasteiger partial charge < -0.3 is 25.4 Å². The molecule has 120 valence electrons. The molecule has 0 fully saturated rings. The molecule has 0 aliphatic heterocycles. The Hall–Kier alpha value is -0.610.